The second kappa shape index (κ2) is 8.52. The molecule has 1 aliphatic rings. The van der Waals surface area contributed by atoms with Gasteiger partial charge in [0.05, 0.1) is 12.6 Å². The van der Waals surface area contributed by atoms with Gasteiger partial charge in [0.2, 0.25) is 0 Å². The molecule has 2 aromatic carbocycles. The van der Waals surface area contributed by atoms with Gasteiger partial charge in [-0.3, -0.25) is 4.79 Å². The first kappa shape index (κ1) is 18.0. The van der Waals surface area contributed by atoms with Crippen LogP contribution in [0.1, 0.15) is 47.3 Å². The summed E-state index contributed by atoms with van der Waals surface area (Å²) in [6.45, 7) is 1.89. The Bertz CT molecular complexity index is 787. The number of amides is 1. The van der Waals surface area contributed by atoms with Gasteiger partial charge in [-0.05, 0) is 49.4 Å². The molecule has 5 heteroatoms. The largest absolute Gasteiger partial charge is 0.483 e. The molecule has 0 heterocycles. The zero-order chi connectivity index (χ0) is 18.4. The van der Waals surface area contributed by atoms with Gasteiger partial charge in [0.1, 0.15) is 11.3 Å². The van der Waals surface area contributed by atoms with E-state index >= 15 is 0 Å². The third-order valence-electron chi connectivity index (χ3n) is 4.45. The van der Waals surface area contributed by atoms with Gasteiger partial charge in [-0.25, -0.2) is 4.79 Å². The van der Waals surface area contributed by atoms with Crippen LogP contribution < -0.4 is 10.1 Å². The Balaban J connectivity index is 1.61. The lowest BCUT2D eigenvalue weighted by molar-refractivity contribution is -0.124. The summed E-state index contributed by atoms with van der Waals surface area (Å²) in [4.78, 5) is 24.3. The van der Waals surface area contributed by atoms with Gasteiger partial charge in [-0.15, -0.1) is 0 Å². The number of fused-ring (bicyclic) bond motifs is 1. The van der Waals surface area contributed by atoms with E-state index < -0.39 is 5.97 Å². The number of aryl methyl sites for hydroxylation is 1. The highest BCUT2D eigenvalue weighted by atomic mass is 16.5. The summed E-state index contributed by atoms with van der Waals surface area (Å²) in [5.74, 6) is -0.305. The van der Waals surface area contributed by atoms with Crippen LogP contribution >= 0.6 is 0 Å². The normalized spacial score (nSPS) is 15.7. The Labute approximate surface area is 153 Å². The Morgan fingerprint density at radius 1 is 1.12 bits per heavy atom. The fourth-order valence-corrected chi connectivity index (χ4v) is 3.25. The zero-order valence-corrected chi connectivity index (χ0v) is 14.9. The second-order valence-corrected chi connectivity index (χ2v) is 6.22. The molecular formula is C21H23NO4. The standard InChI is InChI=1S/C21H23NO4/c1-2-25-21(24)17-11-5-6-13-19(17)26-14-20(23)22-18-12-7-9-15-8-3-4-10-16(15)18/h3-6,8,10-11,13,18H,2,7,9,12,14H2,1H3,(H,22,23)/t18-/m1/s1. The highest BCUT2D eigenvalue weighted by Gasteiger charge is 2.22. The van der Waals surface area contributed by atoms with Gasteiger partial charge in [0.25, 0.3) is 5.91 Å². The zero-order valence-electron chi connectivity index (χ0n) is 14.9. The van der Waals surface area contributed by atoms with Gasteiger partial charge in [0.15, 0.2) is 6.61 Å². The molecule has 0 bridgehead atoms. The molecule has 0 radical (unpaired) electrons. The van der Waals surface area contributed by atoms with E-state index in [2.05, 4.69) is 17.4 Å². The second-order valence-electron chi connectivity index (χ2n) is 6.22. The summed E-state index contributed by atoms with van der Waals surface area (Å²) in [5, 5.41) is 3.04. The molecule has 1 N–H and O–H groups in total. The highest BCUT2D eigenvalue weighted by molar-refractivity contribution is 5.92. The van der Waals surface area contributed by atoms with Gasteiger partial charge in [-0.1, -0.05) is 36.4 Å². The van der Waals surface area contributed by atoms with Gasteiger partial charge >= 0.3 is 5.97 Å². The minimum atomic E-state index is -0.454. The van der Waals surface area contributed by atoms with Crippen LogP contribution in [0.2, 0.25) is 0 Å². The summed E-state index contributed by atoms with van der Waals surface area (Å²) < 4.78 is 10.6. The van der Waals surface area contributed by atoms with Crippen LogP contribution in [0.15, 0.2) is 48.5 Å². The summed E-state index contributed by atoms with van der Waals surface area (Å²) in [6.07, 6.45) is 3.02. The number of carbonyl (C=O) groups excluding carboxylic acids is 2. The minimum Gasteiger partial charge on any atom is -0.483 e. The van der Waals surface area contributed by atoms with Crippen molar-refractivity contribution in [3.63, 3.8) is 0 Å². The van der Waals surface area contributed by atoms with Crippen LogP contribution in [0, 0.1) is 0 Å². The van der Waals surface area contributed by atoms with Crippen molar-refractivity contribution in [2.75, 3.05) is 13.2 Å². The molecule has 136 valence electrons. The van der Waals surface area contributed by atoms with Gasteiger partial charge in [0, 0.05) is 0 Å². The van der Waals surface area contributed by atoms with Crippen molar-refractivity contribution in [2.24, 2.45) is 0 Å². The van der Waals surface area contributed by atoms with Crippen LogP contribution in [0.4, 0.5) is 0 Å². The summed E-state index contributed by atoms with van der Waals surface area (Å²) >= 11 is 0. The number of nitrogens with one attached hydrogen (secondary N) is 1. The van der Waals surface area contributed by atoms with Crippen molar-refractivity contribution in [2.45, 2.75) is 32.2 Å². The fraction of sp³-hybridized carbons (Fsp3) is 0.333. The van der Waals surface area contributed by atoms with E-state index in [1.54, 1.807) is 31.2 Å². The third-order valence-corrected chi connectivity index (χ3v) is 4.45. The van der Waals surface area contributed by atoms with E-state index in [1.807, 2.05) is 12.1 Å². The molecule has 0 aliphatic heterocycles. The maximum atomic E-state index is 12.3. The number of esters is 1. The van der Waals surface area contributed by atoms with Crippen molar-refractivity contribution in [3.05, 3.63) is 65.2 Å². The number of hydrogen-bond acceptors (Lipinski definition) is 4. The predicted octanol–water partition coefficient (Wildman–Crippen LogP) is 3.44. The molecular weight excluding hydrogens is 330 g/mol. The first-order valence-corrected chi connectivity index (χ1v) is 8.95. The molecule has 3 rings (SSSR count). The average molecular weight is 353 g/mol. The molecule has 2 aromatic rings. The van der Waals surface area contributed by atoms with Crippen molar-refractivity contribution in [3.8, 4) is 5.75 Å². The maximum absolute atomic E-state index is 12.3. The van der Waals surface area contributed by atoms with Gasteiger partial charge < -0.3 is 14.8 Å². The maximum Gasteiger partial charge on any atom is 0.341 e. The van der Waals surface area contributed by atoms with Crippen molar-refractivity contribution in [1.29, 1.82) is 0 Å². The highest BCUT2D eigenvalue weighted by Crippen LogP contribution is 2.29. The van der Waals surface area contributed by atoms with Crippen molar-refractivity contribution in [1.82, 2.24) is 5.32 Å². The van der Waals surface area contributed by atoms with Crippen LogP contribution in [0.25, 0.3) is 0 Å². The molecule has 0 saturated carbocycles. The molecule has 0 unspecified atom stereocenters. The molecule has 0 fully saturated rings. The van der Waals surface area contributed by atoms with E-state index in [-0.39, 0.29) is 25.2 Å². The van der Waals surface area contributed by atoms with Crippen LogP contribution in [0.3, 0.4) is 0 Å². The average Bonchev–Trinajstić information content (AvgIpc) is 2.67. The molecule has 1 amide bonds. The fourth-order valence-electron chi connectivity index (χ4n) is 3.25. The number of hydrogen-bond donors (Lipinski definition) is 1. The quantitative estimate of drug-likeness (QED) is 0.808. The van der Waals surface area contributed by atoms with E-state index in [0.717, 1.165) is 19.3 Å². The summed E-state index contributed by atoms with van der Waals surface area (Å²) in [6, 6.07) is 15.0. The molecule has 26 heavy (non-hydrogen) atoms. The monoisotopic (exact) mass is 353 g/mol. The Kier molecular flexibility index (Phi) is 5.89. The van der Waals surface area contributed by atoms with E-state index in [1.165, 1.54) is 11.1 Å². The Morgan fingerprint density at radius 3 is 2.73 bits per heavy atom. The van der Waals surface area contributed by atoms with Crippen LogP contribution in [-0.4, -0.2) is 25.1 Å². The van der Waals surface area contributed by atoms with Crippen LogP contribution in [0.5, 0.6) is 5.75 Å². The molecule has 1 atom stereocenters. The number of ether oxygens (including phenoxy) is 2. The van der Waals surface area contributed by atoms with Crippen molar-refractivity contribution < 1.29 is 19.1 Å². The van der Waals surface area contributed by atoms with Gasteiger partial charge in [-0.2, -0.15) is 0 Å². The first-order valence-electron chi connectivity index (χ1n) is 8.95. The number of rotatable bonds is 6. The van der Waals surface area contributed by atoms with Crippen LogP contribution in [-0.2, 0) is 16.0 Å². The summed E-state index contributed by atoms with van der Waals surface area (Å²) in [7, 11) is 0. The molecule has 5 nitrogen and oxygen atoms in total. The Hall–Kier alpha value is -2.82. The number of benzene rings is 2. The van der Waals surface area contributed by atoms with E-state index in [0.29, 0.717) is 11.3 Å². The smallest absolute Gasteiger partial charge is 0.341 e. The van der Waals surface area contributed by atoms with E-state index in [9.17, 15) is 9.59 Å². The minimum absolute atomic E-state index is 0.0105. The van der Waals surface area contributed by atoms with Crippen molar-refractivity contribution >= 4 is 11.9 Å². The topological polar surface area (TPSA) is 64.6 Å². The number of para-hydroxylation sites is 1. The number of carbonyl (C=O) groups is 2. The molecule has 1 aliphatic carbocycles. The lowest BCUT2D eigenvalue weighted by Crippen LogP contribution is -2.34. The molecule has 0 saturated heterocycles. The summed E-state index contributed by atoms with van der Waals surface area (Å²) in [5.41, 5.74) is 2.79. The van der Waals surface area contributed by atoms with E-state index in [4.69, 9.17) is 9.47 Å². The lowest BCUT2D eigenvalue weighted by atomic mass is 9.88. The molecule has 0 aromatic heterocycles. The predicted molar refractivity (Wildman–Crippen MR) is 98.2 cm³/mol. The Morgan fingerprint density at radius 2 is 1.88 bits per heavy atom. The SMILES string of the molecule is CCOC(=O)c1ccccc1OCC(=O)N[C@@H]1CCCc2ccccc21. The third kappa shape index (κ3) is 4.23. The lowest BCUT2D eigenvalue weighted by Gasteiger charge is -2.26. The molecule has 0 spiro atoms. The first-order chi connectivity index (χ1) is 12.7.